The molecular weight excluding hydrogens is 204 g/mol. The fraction of sp³-hybridized carbons (Fsp3) is 0.917. The summed E-state index contributed by atoms with van der Waals surface area (Å²) >= 11 is 0. The number of ether oxygens (including phenoxy) is 1. The van der Waals surface area contributed by atoms with E-state index in [2.05, 4.69) is 10.6 Å². The maximum absolute atomic E-state index is 11.4. The lowest BCUT2D eigenvalue weighted by atomic mass is 10.2. The van der Waals surface area contributed by atoms with Crippen LogP contribution in [-0.4, -0.2) is 31.3 Å². The van der Waals surface area contributed by atoms with E-state index in [4.69, 9.17) is 4.74 Å². The van der Waals surface area contributed by atoms with Crippen molar-refractivity contribution in [1.29, 1.82) is 0 Å². The van der Waals surface area contributed by atoms with Crippen LogP contribution < -0.4 is 10.6 Å². The van der Waals surface area contributed by atoms with Crippen molar-refractivity contribution in [3.8, 4) is 0 Å². The van der Waals surface area contributed by atoms with Crippen molar-refractivity contribution >= 4 is 6.09 Å². The molecule has 2 atom stereocenters. The zero-order valence-corrected chi connectivity index (χ0v) is 10.4. The number of piperidine rings is 1. The van der Waals surface area contributed by atoms with Gasteiger partial charge in [-0.1, -0.05) is 0 Å². The first-order valence-electron chi connectivity index (χ1n) is 6.15. The molecule has 1 saturated carbocycles. The first-order valence-corrected chi connectivity index (χ1v) is 6.15. The van der Waals surface area contributed by atoms with Crippen molar-refractivity contribution in [3.05, 3.63) is 0 Å². The van der Waals surface area contributed by atoms with Gasteiger partial charge in [-0.3, -0.25) is 0 Å². The van der Waals surface area contributed by atoms with Crippen molar-refractivity contribution in [2.24, 2.45) is 17.8 Å². The Kier molecular flexibility index (Phi) is 3.10. The highest BCUT2D eigenvalue weighted by atomic mass is 16.6. The number of carbonyl (C=O) groups is 1. The number of carbonyl (C=O) groups excluding carboxylic acids is 1. The first-order chi connectivity index (χ1) is 7.47. The van der Waals surface area contributed by atoms with Crippen molar-refractivity contribution in [1.82, 2.24) is 10.6 Å². The van der Waals surface area contributed by atoms with Crippen LogP contribution in [0.4, 0.5) is 4.79 Å². The zero-order chi connectivity index (χ0) is 11.8. The molecule has 0 bridgehead atoms. The van der Waals surface area contributed by atoms with E-state index in [1.165, 1.54) is 13.1 Å². The third kappa shape index (κ3) is 2.88. The molecule has 4 heteroatoms. The Balaban J connectivity index is 1.57. The fourth-order valence-corrected chi connectivity index (χ4v) is 2.63. The fourth-order valence-electron chi connectivity index (χ4n) is 2.63. The summed E-state index contributed by atoms with van der Waals surface area (Å²) in [5, 5.41) is 6.19. The smallest absolute Gasteiger partial charge is 0.407 e. The minimum atomic E-state index is -0.399. The minimum Gasteiger partial charge on any atom is -0.444 e. The molecule has 4 nitrogen and oxygen atoms in total. The van der Waals surface area contributed by atoms with Gasteiger partial charge in [0.25, 0.3) is 0 Å². The molecule has 92 valence electrons. The molecule has 0 radical (unpaired) electrons. The first kappa shape index (κ1) is 11.7. The second-order valence-electron chi connectivity index (χ2n) is 5.87. The summed E-state index contributed by atoms with van der Waals surface area (Å²) in [6, 6.07) is 0. The second kappa shape index (κ2) is 4.24. The largest absolute Gasteiger partial charge is 0.444 e. The molecule has 2 unspecified atom stereocenters. The van der Waals surface area contributed by atoms with E-state index in [9.17, 15) is 4.79 Å². The van der Waals surface area contributed by atoms with Crippen LogP contribution in [0.5, 0.6) is 0 Å². The van der Waals surface area contributed by atoms with Gasteiger partial charge in [-0.25, -0.2) is 4.79 Å². The number of rotatable bonds is 3. The van der Waals surface area contributed by atoms with E-state index >= 15 is 0 Å². The Hall–Kier alpha value is -0.770. The van der Waals surface area contributed by atoms with Crippen LogP contribution in [0.15, 0.2) is 0 Å². The van der Waals surface area contributed by atoms with Crippen LogP contribution in [0.2, 0.25) is 0 Å². The molecule has 2 N–H and O–H groups in total. The highest BCUT2D eigenvalue weighted by Gasteiger charge is 2.51. The molecule has 0 aromatic heterocycles. The topological polar surface area (TPSA) is 50.4 Å². The molecule has 2 fully saturated rings. The lowest BCUT2D eigenvalue weighted by Crippen LogP contribution is -2.33. The number of amides is 1. The molecule has 1 saturated heterocycles. The summed E-state index contributed by atoms with van der Waals surface area (Å²) in [4.78, 5) is 11.4. The Bertz CT molecular complexity index is 263. The second-order valence-corrected chi connectivity index (χ2v) is 5.87. The molecule has 1 amide bonds. The standard InChI is InChI=1S/C12H22N2O2/c1-12(2,3)16-11(15)14-5-4-8-9-6-13-7-10(8)9/h8-10,13H,4-7H2,1-3H3,(H,14,15). The molecular formula is C12H22N2O2. The number of alkyl carbamates (subject to hydrolysis) is 1. The van der Waals surface area contributed by atoms with Crippen LogP contribution in [0, 0.1) is 17.8 Å². The Labute approximate surface area is 97.1 Å². The number of hydrogen-bond acceptors (Lipinski definition) is 3. The molecule has 1 aliphatic carbocycles. The number of hydrogen-bond donors (Lipinski definition) is 2. The minimum absolute atomic E-state index is 0.295. The van der Waals surface area contributed by atoms with Crippen LogP contribution in [0.3, 0.4) is 0 Å². The van der Waals surface area contributed by atoms with Crippen molar-refractivity contribution in [2.75, 3.05) is 19.6 Å². The van der Waals surface area contributed by atoms with Gasteiger partial charge in [-0.2, -0.15) is 0 Å². The van der Waals surface area contributed by atoms with E-state index < -0.39 is 5.60 Å². The predicted octanol–water partition coefficient (Wildman–Crippen LogP) is 1.37. The van der Waals surface area contributed by atoms with E-state index in [1.807, 2.05) is 20.8 Å². The van der Waals surface area contributed by atoms with Crippen LogP contribution >= 0.6 is 0 Å². The van der Waals surface area contributed by atoms with Gasteiger partial charge >= 0.3 is 6.09 Å². The zero-order valence-electron chi connectivity index (χ0n) is 10.4. The maximum atomic E-state index is 11.4. The van der Waals surface area contributed by atoms with Crippen LogP contribution in [0.25, 0.3) is 0 Å². The summed E-state index contributed by atoms with van der Waals surface area (Å²) < 4.78 is 5.17. The average molecular weight is 226 g/mol. The van der Waals surface area contributed by atoms with E-state index in [-0.39, 0.29) is 6.09 Å². The van der Waals surface area contributed by atoms with E-state index in [0.717, 1.165) is 30.7 Å². The van der Waals surface area contributed by atoms with Gasteiger partial charge in [0.1, 0.15) is 5.60 Å². The Morgan fingerprint density at radius 3 is 2.56 bits per heavy atom. The highest BCUT2D eigenvalue weighted by Crippen LogP contribution is 2.50. The van der Waals surface area contributed by atoms with Gasteiger partial charge in [-0.15, -0.1) is 0 Å². The summed E-state index contributed by atoms with van der Waals surface area (Å²) in [5.74, 6) is 2.58. The van der Waals surface area contributed by atoms with Gasteiger partial charge in [0.05, 0.1) is 0 Å². The van der Waals surface area contributed by atoms with Crippen LogP contribution in [0.1, 0.15) is 27.2 Å². The summed E-state index contributed by atoms with van der Waals surface area (Å²) in [7, 11) is 0. The van der Waals surface area contributed by atoms with Crippen LogP contribution in [-0.2, 0) is 4.74 Å². The number of fused-ring (bicyclic) bond motifs is 1. The van der Waals surface area contributed by atoms with Gasteiger partial charge in [0.2, 0.25) is 0 Å². The van der Waals surface area contributed by atoms with Gasteiger partial charge < -0.3 is 15.4 Å². The normalized spacial score (nSPS) is 32.1. The molecule has 1 heterocycles. The third-order valence-corrected chi connectivity index (χ3v) is 3.41. The lowest BCUT2D eigenvalue weighted by Gasteiger charge is -2.19. The highest BCUT2D eigenvalue weighted by molar-refractivity contribution is 5.67. The van der Waals surface area contributed by atoms with Crippen molar-refractivity contribution in [2.45, 2.75) is 32.8 Å². The Morgan fingerprint density at radius 1 is 1.38 bits per heavy atom. The molecule has 0 aromatic rings. The lowest BCUT2D eigenvalue weighted by molar-refractivity contribution is 0.0526. The molecule has 0 aromatic carbocycles. The third-order valence-electron chi connectivity index (χ3n) is 3.41. The van der Waals surface area contributed by atoms with Gasteiger partial charge in [0.15, 0.2) is 0 Å². The quantitative estimate of drug-likeness (QED) is 0.764. The van der Waals surface area contributed by atoms with Crippen molar-refractivity contribution < 1.29 is 9.53 Å². The molecule has 16 heavy (non-hydrogen) atoms. The maximum Gasteiger partial charge on any atom is 0.407 e. The monoisotopic (exact) mass is 226 g/mol. The van der Waals surface area contributed by atoms with E-state index in [0.29, 0.717) is 0 Å². The van der Waals surface area contributed by atoms with Crippen molar-refractivity contribution in [3.63, 3.8) is 0 Å². The average Bonchev–Trinajstić information content (AvgIpc) is 2.57. The summed E-state index contributed by atoms with van der Waals surface area (Å²) in [5.41, 5.74) is -0.399. The Morgan fingerprint density at radius 2 is 2.00 bits per heavy atom. The summed E-state index contributed by atoms with van der Waals surface area (Å²) in [6.07, 6.45) is 0.799. The molecule has 0 spiro atoms. The van der Waals surface area contributed by atoms with E-state index in [1.54, 1.807) is 0 Å². The molecule has 2 aliphatic rings. The molecule has 1 aliphatic heterocycles. The SMILES string of the molecule is CC(C)(C)OC(=O)NCCC1C2CNCC12. The van der Waals surface area contributed by atoms with Gasteiger partial charge in [-0.05, 0) is 58.0 Å². The molecule has 2 rings (SSSR count). The number of nitrogens with one attached hydrogen (secondary N) is 2. The summed E-state index contributed by atoms with van der Waals surface area (Å²) in [6.45, 7) is 8.72. The predicted molar refractivity (Wildman–Crippen MR) is 62.2 cm³/mol. The van der Waals surface area contributed by atoms with Gasteiger partial charge in [0, 0.05) is 6.54 Å².